The maximum atomic E-state index is 13.6. The number of halogens is 1. The summed E-state index contributed by atoms with van der Waals surface area (Å²) in [5.74, 6) is -0.607. The first-order valence-corrected chi connectivity index (χ1v) is 10.0. The third kappa shape index (κ3) is 3.49. The van der Waals surface area contributed by atoms with Gasteiger partial charge in [-0.3, -0.25) is 19.3 Å². The molecule has 0 radical (unpaired) electrons. The van der Waals surface area contributed by atoms with Gasteiger partial charge in [0.05, 0.1) is 5.41 Å². The van der Waals surface area contributed by atoms with E-state index in [-0.39, 0.29) is 42.6 Å². The van der Waals surface area contributed by atoms with Crippen molar-refractivity contribution in [3.05, 3.63) is 34.9 Å². The molecule has 0 aromatic heterocycles. The van der Waals surface area contributed by atoms with E-state index in [1.54, 1.807) is 36.2 Å². The number of nitrogens with zero attached hydrogens (tertiary/aromatic N) is 2. The van der Waals surface area contributed by atoms with Crippen molar-refractivity contribution in [3.63, 3.8) is 0 Å². The molecule has 0 unspecified atom stereocenters. The Labute approximate surface area is 165 Å². The molecule has 27 heavy (non-hydrogen) atoms. The third-order valence-electron chi connectivity index (χ3n) is 6.05. The topological polar surface area (TPSA) is 57.7 Å². The summed E-state index contributed by atoms with van der Waals surface area (Å²) >= 11 is 6.43. The number of hydrogen-bond donors (Lipinski definition) is 0. The Bertz CT molecular complexity index is 758. The van der Waals surface area contributed by atoms with E-state index in [9.17, 15) is 14.4 Å². The van der Waals surface area contributed by atoms with E-state index in [1.807, 2.05) is 13.8 Å². The van der Waals surface area contributed by atoms with Crippen molar-refractivity contribution in [2.75, 3.05) is 7.05 Å². The first-order chi connectivity index (χ1) is 12.8. The van der Waals surface area contributed by atoms with Crippen LogP contribution in [0.3, 0.4) is 0 Å². The molecule has 0 N–H and O–H groups in total. The molecule has 1 saturated carbocycles. The molecule has 1 saturated heterocycles. The van der Waals surface area contributed by atoms with Gasteiger partial charge in [0.25, 0.3) is 0 Å². The monoisotopic (exact) mass is 390 g/mol. The molecule has 1 atom stereocenters. The van der Waals surface area contributed by atoms with Crippen LogP contribution in [0.5, 0.6) is 0 Å². The van der Waals surface area contributed by atoms with Crippen LogP contribution in [0.25, 0.3) is 0 Å². The summed E-state index contributed by atoms with van der Waals surface area (Å²) in [5, 5.41) is 0.423. The zero-order valence-corrected chi connectivity index (χ0v) is 17.0. The highest BCUT2D eigenvalue weighted by atomic mass is 35.5. The summed E-state index contributed by atoms with van der Waals surface area (Å²) < 4.78 is 0. The predicted molar refractivity (Wildman–Crippen MR) is 104 cm³/mol. The first kappa shape index (κ1) is 19.9. The maximum absolute atomic E-state index is 13.6. The Hall–Kier alpha value is -1.88. The second-order valence-electron chi connectivity index (χ2n) is 8.02. The molecule has 1 aromatic rings. The third-order valence-corrected chi connectivity index (χ3v) is 6.38. The van der Waals surface area contributed by atoms with E-state index in [0.717, 1.165) is 25.7 Å². The van der Waals surface area contributed by atoms with Crippen molar-refractivity contribution >= 4 is 29.3 Å². The van der Waals surface area contributed by atoms with E-state index < -0.39 is 5.41 Å². The van der Waals surface area contributed by atoms with Crippen LogP contribution in [0.1, 0.15) is 57.9 Å². The van der Waals surface area contributed by atoms with Crippen LogP contribution in [-0.4, -0.2) is 46.7 Å². The Morgan fingerprint density at radius 3 is 2.48 bits per heavy atom. The second-order valence-corrected chi connectivity index (χ2v) is 8.43. The molecule has 3 amide bonds. The van der Waals surface area contributed by atoms with Gasteiger partial charge in [-0.15, -0.1) is 0 Å². The lowest BCUT2D eigenvalue weighted by Gasteiger charge is -2.32. The Balaban J connectivity index is 2.03. The minimum atomic E-state index is -1.21. The number of benzene rings is 1. The normalized spacial score (nSPS) is 23.5. The highest BCUT2D eigenvalue weighted by molar-refractivity contribution is 6.32. The van der Waals surface area contributed by atoms with E-state index >= 15 is 0 Å². The molecule has 1 heterocycles. The summed E-state index contributed by atoms with van der Waals surface area (Å²) in [5.41, 5.74) is -0.630. The summed E-state index contributed by atoms with van der Waals surface area (Å²) in [7, 11) is 1.73. The number of likely N-dealkylation sites (tertiary alicyclic amines) is 1. The summed E-state index contributed by atoms with van der Waals surface area (Å²) in [6.45, 7) is 3.85. The van der Waals surface area contributed by atoms with Gasteiger partial charge >= 0.3 is 0 Å². The van der Waals surface area contributed by atoms with E-state index in [4.69, 9.17) is 11.6 Å². The van der Waals surface area contributed by atoms with Gasteiger partial charge < -0.3 is 4.90 Å². The minimum absolute atomic E-state index is 0.00371. The first-order valence-electron chi connectivity index (χ1n) is 9.65. The molecule has 1 aliphatic carbocycles. The fourth-order valence-electron chi connectivity index (χ4n) is 4.26. The molecule has 6 heteroatoms. The van der Waals surface area contributed by atoms with Crippen LogP contribution in [-0.2, 0) is 19.8 Å². The molecule has 5 nitrogen and oxygen atoms in total. The predicted octanol–water partition coefficient (Wildman–Crippen LogP) is 3.54. The summed E-state index contributed by atoms with van der Waals surface area (Å²) in [6, 6.07) is 7.04. The van der Waals surface area contributed by atoms with Crippen molar-refractivity contribution < 1.29 is 14.4 Å². The molecule has 2 fully saturated rings. The van der Waals surface area contributed by atoms with Gasteiger partial charge in [0.15, 0.2) is 0 Å². The SMILES string of the molecule is CC(C)N(C)C(=O)C[C@@]1(c2ccccc2Cl)CC(=O)N(C2CCCC2)C1=O. The molecular weight excluding hydrogens is 364 g/mol. The highest BCUT2D eigenvalue weighted by Gasteiger charge is 2.56. The quantitative estimate of drug-likeness (QED) is 0.722. The van der Waals surface area contributed by atoms with E-state index in [2.05, 4.69) is 0 Å². The number of carbonyl (C=O) groups excluding carboxylic acids is 3. The largest absolute Gasteiger partial charge is 0.343 e. The lowest BCUT2D eigenvalue weighted by Crippen LogP contribution is -2.46. The van der Waals surface area contributed by atoms with Gasteiger partial charge in [-0.2, -0.15) is 0 Å². The highest BCUT2D eigenvalue weighted by Crippen LogP contribution is 2.45. The molecule has 1 aromatic carbocycles. The van der Waals surface area contributed by atoms with Gasteiger partial charge in [-0.05, 0) is 38.3 Å². The van der Waals surface area contributed by atoms with Crippen molar-refractivity contribution in [3.8, 4) is 0 Å². The molecular formula is C21H27ClN2O3. The number of hydrogen-bond acceptors (Lipinski definition) is 3. The zero-order valence-electron chi connectivity index (χ0n) is 16.2. The Morgan fingerprint density at radius 2 is 1.89 bits per heavy atom. The molecule has 1 aliphatic heterocycles. The Morgan fingerprint density at radius 1 is 1.26 bits per heavy atom. The van der Waals surface area contributed by atoms with Gasteiger partial charge in [-0.25, -0.2) is 0 Å². The summed E-state index contributed by atoms with van der Waals surface area (Å²) in [6.07, 6.45) is 3.69. The summed E-state index contributed by atoms with van der Waals surface area (Å²) in [4.78, 5) is 42.4. The van der Waals surface area contributed by atoms with Crippen LogP contribution in [0.15, 0.2) is 24.3 Å². The number of imide groups is 1. The van der Waals surface area contributed by atoms with Crippen molar-refractivity contribution in [2.45, 2.75) is 69.9 Å². The minimum Gasteiger partial charge on any atom is -0.343 e. The van der Waals surface area contributed by atoms with Crippen LogP contribution >= 0.6 is 11.6 Å². The maximum Gasteiger partial charge on any atom is 0.241 e. The van der Waals surface area contributed by atoms with Gasteiger partial charge in [0.2, 0.25) is 17.7 Å². The number of carbonyl (C=O) groups is 3. The van der Waals surface area contributed by atoms with Crippen molar-refractivity contribution in [1.29, 1.82) is 0 Å². The Kier molecular flexibility index (Phi) is 5.61. The standard InChI is InChI=1S/C21H27ClN2O3/c1-14(2)23(3)18(25)12-21(16-10-6-7-11-17(16)22)13-19(26)24(20(21)27)15-8-4-5-9-15/h6-7,10-11,14-15H,4-5,8-9,12-13H2,1-3H3/t21-/m0/s1. The fraction of sp³-hybridized carbons (Fsp3) is 0.571. The van der Waals surface area contributed by atoms with E-state index in [0.29, 0.717) is 10.6 Å². The van der Waals surface area contributed by atoms with Gasteiger partial charge in [0.1, 0.15) is 0 Å². The van der Waals surface area contributed by atoms with Crippen molar-refractivity contribution in [2.24, 2.45) is 0 Å². The van der Waals surface area contributed by atoms with Crippen LogP contribution in [0.4, 0.5) is 0 Å². The zero-order chi connectivity index (χ0) is 19.8. The molecule has 3 rings (SSSR count). The van der Waals surface area contributed by atoms with Crippen LogP contribution in [0.2, 0.25) is 5.02 Å². The average Bonchev–Trinajstić information content (AvgIpc) is 3.22. The lowest BCUT2D eigenvalue weighted by molar-refractivity contribution is -0.144. The molecule has 2 aliphatic rings. The number of rotatable bonds is 5. The molecule has 0 bridgehead atoms. The smallest absolute Gasteiger partial charge is 0.241 e. The van der Waals surface area contributed by atoms with Crippen LogP contribution < -0.4 is 0 Å². The lowest BCUT2D eigenvalue weighted by atomic mass is 9.75. The second kappa shape index (κ2) is 7.63. The number of amides is 3. The fourth-order valence-corrected chi connectivity index (χ4v) is 4.58. The molecule has 146 valence electrons. The van der Waals surface area contributed by atoms with E-state index in [1.165, 1.54) is 4.90 Å². The average molecular weight is 391 g/mol. The molecule has 0 spiro atoms. The van der Waals surface area contributed by atoms with Crippen molar-refractivity contribution in [1.82, 2.24) is 9.80 Å². The van der Waals surface area contributed by atoms with Crippen LogP contribution in [0, 0.1) is 0 Å². The van der Waals surface area contributed by atoms with Gasteiger partial charge in [0, 0.05) is 37.0 Å². The van der Waals surface area contributed by atoms with Gasteiger partial charge in [-0.1, -0.05) is 42.6 Å².